The molecule has 5 nitrogen and oxygen atoms in total. The minimum absolute atomic E-state index is 0.246. The van der Waals surface area contributed by atoms with E-state index in [1.165, 1.54) is 0 Å². The monoisotopic (exact) mass is 250 g/mol. The third-order valence-electron chi connectivity index (χ3n) is 2.30. The van der Waals surface area contributed by atoms with Gasteiger partial charge in [-0.25, -0.2) is 10.2 Å². The summed E-state index contributed by atoms with van der Waals surface area (Å²) in [5, 5.41) is 0. The molecule has 1 rings (SSSR count). The van der Waals surface area contributed by atoms with Crippen LogP contribution in [0, 0.1) is 6.92 Å². The van der Waals surface area contributed by atoms with Crippen molar-refractivity contribution in [3.63, 3.8) is 0 Å². The summed E-state index contributed by atoms with van der Waals surface area (Å²) in [7, 11) is 0. The summed E-state index contributed by atoms with van der Waals surface area (Å²) < 4.78 is 4.61. The molecule has 1 aromatic carbocycles. The van der Waals surface area contributed by atoms with Crippen molar-refractivity contribution in [2.45, 2.75) is 26.7 Å². The van der Waals surface area contributed by atoms with Crippen molar-refractivity contribution in [1.29, 1.82) is 0 Å². The number of benzene rings is 1. The van der Waals surface area contributed by atoms with Gasteiger partial charge in [0.15, 0.2) is 0 Å². The van der Waals surface area contributed by atoms with Gasteiger partial charge in [0.05, 0.1) is 6.61 Å². The lowest BCUT2D eigenvalue weighted by Crippen LogP contribution is -2.42. The van der Waals surface area contributed by atoms with Gasteiger partial charge >= 0.3 is 6.09 Å². The first kappa shape index (κ1) is 14.0. The van der Waals surface area contributed by atoms with E-state index in [1.807, 2.05) is 31.2 Å². The maximum absolute atomic E-state index is 11.4. The van der Waals surface area contributed by atoms with Gasteiger partial charge in [-0.1, -0.05) is 29.8 Å². The number of hydrogen-bond acceptors (Lipinski definition) is 3. The van der Waals surface area contributed by atoms with E-state index in [-0.39, 0.29) is 12.5 Å². The Hall–Kier alpha value is -2.04. The smallest absolute Gasteiger partial charge is 0.426 e. The normalized spacial score (nSPS) is 9.67. The Labute approximate surface area is 106 Å². The van der Waals surface area contributed by atoms with Crippen molar-refractivity contribution in [2.75, 3.05) is 6.61 Å². The molecule has 0 aliphatic carbocycles. The van der Waals surface area contributed by atoms with Crippen molar-refractivity contribution in [1.82, 2.24) is 10.9 Å². The first-order chi connectivity index (χ1) is 8.61. The van der Waals surface area contributed by atoms with Crippen LogP contribution in [0.25, 0.3) is 0 Å². The van der Waals surface area contributed by atoms with E-state index in [4.69, 9.17) is 0 Å². The van der Waals surface area contributed by atoms with Crippen molar-refractivity contribution in [2.24, 2.45) is 0 Å². The first-order valence-corrected chi connectivity index (χ1v) is 5.89. The summed E-state index contributed by atoms with van der Waals surface area (Å²) in [6.45, 7) is 3.97. The average Bonchev–Trinajstić information content (AvgIpc) is 2.34. The summed E-state index contributed by atoms with van der Waals surface area (Å²) in [5.41, 5.74) is 6.72. The Morgan fingerprint density at radius 2 is 2.06 bits per heavy atom. The molecule has 0 radical (unpaired) electrons. The van der Waals surface area contributed by atoms with Crippen LogP contribution < -0.4 is 10.9 Å². The summed E-state index contributed by atoms with van der Waals surface area (Å²) in [6.07, 6.45) is 0.301. The minimum Gasteiger partial charge on any atom is -0.449 e. The van der Waals surface area contributed by atoms with Gasteiger partial charge in [-0.2, -0.15) is 0 Å². The molecule has 0 aromatic heterocycles. The number of nitrogens with one attached hydrogen (secondary N) is 2. The second kappa shape index (κ2) is 7.32. The fourth-order valence-electron chi connectivity index (χ4n) is 1.48. The molecule has 0 unspecified atom stereocenters. The zero-order chi connectivity index (χ0) is 13.4. The third-order valence-corrected chi connectivity index (χ3v) is 2.30. The van der Waals surface area contributed by atoms with E-state index in [0.29, 0.717) is 12.8 Å². The molecule has 18 heavy (non-hydrogen) atoms. The number of rotatable bonds is 4. The average molecular weight is 250 g/mol. The Morgan fingerprint density at radius 1 is 1.28 bits per heavy atom. The van der Waals surface area contributed by atoms with Gasteiger partial charge in [0.2, 0.25) is 5.91 Å². The molecule has 2 amide bonds. The molecule has 0 bridgehead atoms. The quantitative estimate of drug-likeness (QED) is 0.799. The van der Waals surface area contributed by atoms with Crippen molar-refractivity contribution in [3.05, 3.63) is 35.4 Å². The number of carbonyl (C=O) groups is 2. The predicted octanol–water partition coefficient (Wildman–Crippen LogP) is 1.70. The lowest BCUT2D eigenvalue weighted by atomic mass is 10.1. The lowest BCUT2D eigenvalue weighted by molar-refractivity contribution is -0.121. The highest BCUT2D eigenvalue weighted by Crippen LogP contribution is 2.06. The van der Waals surface area contributed by atoms with Crippen molar-refractivity contribution in [3.8, 4) is 0 Å². The van der Waals surface area contributed by atoms with E-state index in [0.717, 1.165) is 11.1 Å². The number of amides is 2. The molecule has 2 N–H and O–H groups in total. The van der Waals surface area contributed by atoms with Gasteiger partial charge in [0.25, 0.3) is 0 Å². The molecule has 0 heterocycles. The van der Waals surface area contributed by atoms with E-state index < -0.39 is 6.09 Å². The molecule has 0 fully saturated rings. The molecule has 0 saturated heterocycles. The number of ether oxygens (including phenoxy) is 1. The largest absolute Gasteiger partial charge is 0.449 e. The Morgan fingerprint density at radius 3 is 2.72 bits per heavy atom. The standard InChI is InChI=1S/C13H18N2O3/c1-3-18-13(17)15-14-12(16)8-7-11-6-4-5-10(2)9-11/h4-6,9H,3,7-8H2,1-2H3,(H,14,16)(H,15,17). The van der Waals surface area contributed by atoms with Crippen LogP contribution in [0.3, 0.4) is 0 Å². The number of hydrogen-bond donors (Lipinski definition) is 2. The van der Waals surface area contributed by atoms with Crippen LogP contribution in [0.5, 0.6) is 0 Å². The van der Waals surface area contributed by atoms with E-state index >= 15 is 0 Å². The van der Waals surface area contributed by atoms with Gasteiger partial charge in [0.1, 0.15) is 0 Å². The van der Waals surface area contributed by atoms with Crippen LogP contribution in [0.2, 0.25) is 0 Å². The van der Waals surface area contributed by atoms with Gasteiger partial charge in [-0.15, -0.1) is 0 Å². The van der Waals surface area contributed by atoms with Crippen molar-refractivity contribution >= 4 is 12.0 Å². The SMILES string of the molecule is CCOC(=O)NNC(=O)CCc1cccc(C)c1. The van der Waals surface area contributed by atoms with Crippen LogP contribution in [0.15, 0.2) is 24.3 Å². The second-order valence-corrected chi connectivity index (χ2v) is 3.88. The molecule has 0 atom stereocenters. The van der Waals surface area contributed by atoms with Gasteiger partial charge < -0.3 is 4.74 Å². The summed E-state index contributed by atoms with van der Waals surface area (Å²) in [4.78, 5) is 22.3. The molecular formula is C13H18N2O3. The molecule has 0 aliphatic heterocycles. The van der Waals surface area contributed by atoms with Crippen molar-refractivity contribution < 1.29 is 14.3 Å². The number of hydrazine groups is 1. The summed E-state index contributed by atoms with van der Waals surface area (Å²) in [5.74, 6) is -0.246. The van der Waals surface area contributed by atoms with Gasteiger partial charge in [-0.05, 0) is 25.8 Å². The van der Waals surface area contributed by atoms with Gasteiger partial charge in [0, 0.05) is 6.42 Å². The maximum Gasteiger partial charge on any atom is 0.426 e. The van der Waals surface area contributed by atoms with E-state index in [9.17, 15) is 9.59 Å². The van der Waals surface area contributed by atoms with Crippen LogP contribution in [0.4, 0.5) is 4.79 Å². The molecule has 98 valence electrons. The highest BCUT2D eigenvalue weighted by Gasteiger charge is 2.04. The Bertz CT molecular complexity index is 418. The molecule has 0 saturated carbocycles. The number of carbonyl (C=O) groups excluding carboxylic acids is 2. The highest BCUT2D eigenvalue weighted by molar-refractivity contribution is 5.79. The third kappa shape index (κ3) is 5.34. The van der Waals surface area contributed by atoms with Crippen LogP contribution >= 0.6 is 0 Å². The Kier molecular flexibility index (Phi) is 5.70. The van der Waals surface area contributed by atoms with E-state index in [2.05, 4.69) is 15.6 Å². The predicted molar refractivity (Wildman–Crippen MR) is 67.8 cm³/mol. The highest BCUT2D eigenvalue weighted by atomic mass is 16.5. The summed E-state index contributed by atoms with van der Waals surface area (Å²) >= 11 is 0. The number of aryl methyl sites for hydroxylation is 2. The van der Waals surface area contributed by atoms with Crippen LogP contribution in [-0.4, -0.2) is 18.6 Å². The zero-order valence-corrected chi connectivity index (χ0v) is 10.7. The second-order valence-electron chi connectivity index (χ2n) is 3.88. The Balaban J connectivity index is 2.27. The fourth-order valence-corrected chi connectivity index (χ4v) is 1.48. The lowest BCUT2D eigenvalue weighted by Gasteiger charge is -2.07. The fraction of sp³-hybridized carbons (Fsp3) is 0.385. The topological polar surface area (TPSA) is 67.4 Å². The molecule has 0 aliphatic rings. The minimum atomic E-state index is -0.651. The maximum atomic E-state index is 11.4. The van der Waals surface area contributed by atoms with Gasteiger partial charge in [-0.3, -0.25) is 10.2 Å². The van der Waals surface area contributed by atoms with Crippen LogP contribution in [-0.2, 0) is 16.0 Å². The molecule has 1 aromatic rings. The zero-order valence-electron chi connectivity index (χ0n) is 10.7. The van der Waals surface area contributed by atoms with Crippen LogP contribution in [0.1, 0.15) is 24.5 Å². The molecule has 5 heteroatoms. The first-order valence-electron chi connectivity index (χ1n) is 5.89. The summed E-state index contributed by atoms with van der Waals surface area (Å²) in [6, 6.07) is 7.97. The molecular weight excluding hydrogens is 232 g/mol. The van der Waals surface area contributed by atoms with E-state index in [1.54, 1.807) is 6.92 Å². The molecule has 0 spiro atoms.